The van der Waals surface area contributed by atoms with Crippen molar-refractivity contribution in [2.45, 2.75) is 357 Å². The van der Waals surface area contributed by atoms with Gasteiger partial charge in [0.2, 0.25) is 5.91 Å². The molecule has 12 unspecified atom stereocenters. The fraction of sp³-hybridized carbons (Fsp3) is 0.686. The van der Waals surface area contributed by atoms with Crippen molar-refractivity contribution >= 4 is 5.91 Å². The second-order valence-corrected chi connectivity index (χ2v) is 27.1. The van der Waals surface area contributed by atoms with E-state index in [1.165, 1.54) is 122 Å². The third kappa shape index (κ3) is 50.1. The molecule has 0 bridgehead atoms. The number of amides is 1. The molecule has 2 rings (SSSR count). The number of unbranched alkanes of at least 4 members (excludes halogenated alkanes) is 27. The van der Waals surface area contributed by atoms with E-state index in [2.05, 4.69) is 165 Å². The van der Waals surface area contributed by atoms with Gasteiger partial charge in [0.1, 0.15) is 48.8 Å². The molecule has 0 aromatic heterocycles. The quantitative estimate of drug-likeness (QED) is 0.0204. The van der Waals surface area contributed by atoms with Crippen LogP contribution in [0.3, 0.4) is 0 Å². The number of carbonyl (C=O) groups is 1. The number of allylic oxidation sites excluding steroid dienone is 25. The van der Waals surface area contributed by atoms with E-state index < -0.39 is 86.8 Å². The van der Waals surface area contributed by atoms with Crippen LogP contribution in [0.5, 0.6) is 0 Å². The average molecular weight is 1400 g/mol. The molecule has 14 heteroatoms. The molecule has 9 N–H and O–H groups in total. The van der Waals surface area contributed by atoms with Crippen molar-refractivity contribution < 1.29 is 64.6 Å². The second-order valence-electron chi connectivity index (χ2n) is 27.1. The Balaban J connectivity index is 1.68. The van der Waals surface area contributed by atoms with E-state index in [4.69, 9.17) is 18.9 Å². The minimum Gasteiger partial charge on any atom is -0.394 e. The van der Waals surface area contributed by atoms with Crippen molar-refractivity contribution in [1.82, 2.24) is 5.32 Å². The van der Waals surface area contributed by atoms with Crippen molar-refractivity contribution in [2.75, 3.05) is 19.8 Å². The maximum atomic E-state index is 13.4. The summed E-state index contributed by atoms with van der Waals surface area (Å²) in [5.74, 6) is -0.272. The highest BCUT2D eigenvalue weighted by molar-refractivity contribution is 5.76. The van der Waals surface area contributed by atoms with Crippen LogP contribution in [0.1, 0.15) is 284 Å². The monoisotopic (exact) mass is 1400 g/mol. The minimum absolute atomic E-state index is 0.242. The first-order valence-electron chi connectivity index (χ1n) is 39.7. The molecule has 2 heterocycles. The van der Waals surface area contributed by atoms with E-state index in [-0.39, 0.29) is 18.9 Å². The molecule has 14 nitrogen and oxygen atoms in total. The zero-order valence-corrected chi connectivity index (χ0v) is 62.4. The Hall–Kier alpha value is -4.39. The Kier molecular flexibility index (Phi) is 62.1. The van der Waals surface area contributed by atoms with Crippen LogP contribution in [0.4, 0.5) is 0 Å². The molecule has 12 atom stereocenters. The Morgan fingerprint density at radius 1 is 0.370 bits per heavy atom. The maximum Gasteiger partial charge on any atom is 0.220 e. The van der Waals surface area contributed by atoms with E-state index in [1.807, 2.05) is 6.08 Å². The number of hydrogen-bond donors (Lipinski definition) is 9. The molecule has 0 saturated carbocycles. The summed E-state index contributed by atoms with van der Waals surface area (Å²) in [5, 5.41) is 87.6. The average Bonchev–Trinajstić information content (AvgIpc) is 0.791. The molecule has 0 aliphatic carbocycles. The van der Waals surface area contributed by atoms with E-state index in [9.17, 15) is 45.6 Å². The Morgan fingerprint density at radius 3 is 1.10 bits per heavy atom. The van der Waals surface area contributed by atoms with Gasteiger partial charge < -0.3 is 65.1 Å². The van der Waals surface area contributed by atoms with Crippen LogP contribution in [0.2, 0.25) is 0 Å². The molecule has 570 valence electrons. The van der Waals surface area contributed by atoms with Crippen LogP contribution in [0, 0.1) is 0 Å². The van der Waals surface area contributed by atoms with Gasteiger partial charge in [-0.3, -0.25) is 4.79 Å². The summed E-state index contributed by atoms with van der Waals surface area (Å²) >= 11 is 0. The van der Waals surface area contributed by atoms with Crippen LogP contribution in [0.25, 0.3) is 0 Å². The SMILES string of the molecule is CC/C=C\C/C=C\C/C=C\C/C=C\C/C=C\C/C=C\C/C=C\C/C=C\C/C=C\C/C=C\CCCCCCCCC(=O)NC(COC1OC(CO)C(OC2OC(CO)C(O)C(O)C2O)C(O)C1O)C(O)/C=C/CC/C=C/CC/C=C/CCCCCCCCCCCCCCCCCCCCC. The number of ether oxygens (including phenoxy) is 4. The summed E-state index contributed by atoms with van der Waals surface area (Å²) in [4.78, 5) is 13.4. The Labute approximate surface area is 607 Å². The first-order chi connectivity index (χ1) is 49.1. The third-order valence-electron chi connectivity index (χ3n) is 18.2. The molecule has 0 aromatic rings. The lowest BCUT2D eigenvalue weighted by Gasteiger charge is -2.46. The smallest absolute Gasteiger partial charge is 0.220 e. The first-order valence-corrected chi connectivity index (χ1v) is 39.7. The van der Waals surface area contributed by atoms with Gasteiger partial charge in [0.15, 0.2) is 12.6 Å². The van der Waals surface area contributed by atoms with Gasteiger partial charge in [-0.15, -0.1) is 0 Å². The van der Waals surface area contributed by atoms with Crippen molar-refractivity contribution in [1.29, 1.82) is 0 Å². The molecule has 0 spiro atoms. The molecule has 100 heavy (non-hydrogen) atoms. The lowest BCUT2D eigenvalue weighted by atomic mass is 9.97. The molecule has 2 saturated heterocycles. The summed E-state index contributed by atoms with van der Waals surface area (Å²) in [5.41, 5.74) is 0. The predicted octanol–water partition coefficient (Wildman–Crippen LogP) is 18.1. The molecule has 2 aliphatic heterocycles. The van der Waals surface area contributed by atoms with Gasteiger partial charge in [0.05, 0.1) is 32.0 Å². The normalized spacial score (nSPS) is 22.7. The summed E-state index contributed by atoms with van der Waals surface area (Å²) in [6.07, 6.45) is 87.4. The van der Waals surface area contributed by atoms with Gasteiger partial charge >= 0.3 is 0 Å². The fourth-order valence-corrected chi connectivity index (χ4v) is 11.9. The van der Waals surface area contributed by atoms with Gasteiger partial charge in [-0.05, 0) is 122 Å². The summed E-state index contributed by atoms with van der Waals surface area (Å²) in [6, 6.07) is -0.961. The van der Waals surface area contributed by atoms with Gasteiger partial charge in [0, 0.05) is 6.42 Å². The lowest BCUT2D eigenvalue weighted by molar-refractivity contribution is -0.359. The van der Waals surface area contributed by atoms with Gasteiger partial charge in [-0.25, -0.2) is 0 Å². The number of aliphatic hydroxyl groups excluding tert-OH is 8. The van der Waals surface area contributed by atoms with Crippen LogP contribution >= 0.6 is 0 Å². The number of hydrogen-bond acceptors (Lipinski definition) is 13. The number of nitrogens with one attached hydrogen (secondary N) is 1. The van der Waals surface area contributed by atoms with Crippen LogP contribution < -0.4 is 5.32 Å². The van der Waals surface area contributed by atoms with E-state index in [1.54, 1.807) is 6.08 Å². The topological polar surface area (TPSA) is 228 Å². The summed E-state index contributed by atoms with van der Waals surface area (Å²) in [7, 11) is 0. The second kappa shape index (κ2) is 67.8. The van der Waals surface area contributed by atoms with Crippen molar-refractivity contribution in [3.8, 4) is 0 Å². The largest absolute Gasteiger partial charge is 0.394 e. The summed E-state index contributed by atoms with van der Waals surface area (Å²) < 4.78 is 22.9. The molecule has 0 radical (unpaired) electrons. The Morgan fingerprint density at radius 2 is 0.700 bits per heavy atom. The standard InChI is InChI=1S/C86H143NO13/c1-3-5-7-9-11-13-15-17-19-21-23-25-27-29-31-33-34-35-36-37-38-39-40-42-44-46-48-50-52-54-56-58-60-62-64-66-68-70-78(91)87-74(73-97-85-83(96)81(94)84(77(72-89)99-85)100-86-82(95)80(93)79(92)76(71-88)98-86)75(90)69-67-65-63-61-59-57-55-53-51-49-47-45-43-41-32-30-28-26-24-22-20-18-16-14-12-10-8-6-4-2/h5,7,11,13,17,19,23,25,29,31,34-35,37-38,40,42,46,48,51-54,59,61,67,69,74-77,79-86,88-90,92-96H,3-4,6,8-10,12,14-16,18,20-22,24,26-28,30,32-33,36,39,41,43-45,47,49-50,55-58,60,62-66,68,70-73H2,1-2H3,(H,87,91)/b7-5-,13-11-,19-17-,25-23-,31-29-,35-34-,38-37-,42-40-,48-46-,53-51+,54-52-,61-59+,69-67+. The minimum atomic E-state index is -1.80. The van der Waals surface area contributed by atoms with E-state index >= 15 is 0 Å². The van der Waals surface area contributed by atoms with Crippen LogP contribution in [0.15, 0.2) is 158 Å². The van der Waals surface area contributed by atoms with E-state index in [0.717, 1.165) is 128 Å². The lowest BCUT2D eigenvalue weighted by Crippen LogP contribution is -2.65. The van der Waals surface area contributed by atoms with Crippen molar-refractivity contribution in [3.63, 3.8) is 0 Å². The van der Waals surface area contributed by atoms with Gasteiger partial charge in [-0.2, -0.15) is 0 Å². The van der Waals surface area contributed by atoms with Crippen LogP contribution in [-0.2, 0) is 23.7 Å². The van der Waals surface area contributed by atoms with Gasteiger partial charge in [-0.1, -0.05) is 313 Å². The van der Waals surface area contributed by atoms with E-state index in [0.29, 0.717) is 12.8 Å². The molecule has 1 amide bonds. The predicted molar refractivity (Wildman–Crippen MR) is 414 cm³/mol. The highest BCUT2D eigenvalue weighted by Gasteiger charge is 2.51. The summed E-state index contributed by atoms with van der Waals surface area (Å²) in [6.45, 7) is 2.67. The molecule has 2 aliphatic rings. The molecule has 0 aromatic carbocycles. The number of rotatable bonds is 64. The maximum absolute atomic E-state index is 13.4. The van der Waals surface area contributed by atoms with Gasteiger partial charge in [0.25, 0.3) is 0 Å². The van der Waals surface area contributed by atoms with Crippen molar-refractivity contribution in [2.24, 2.45) is 0 Å². The van der Waals surface area contributed by atoms with Crippen molar-refractivity contribution in [3.05, 3.63) is 158 Å². The van der Waals surface area contributed by atoms with Crippen LogP contribution in [-0.4, -0.2) is 140 Å². The number of aliphatic hydroxyl groups is 8. The first kappa shape index (κ1) is 91.7. The molecular formula is C86H143NO13. The highest BCUT2D eigenvalue weighted by Crippen LogP contribution is 2.30. The Bertz CT molecular complexity index is 2290. The fourth-order valence-electron chi connectivity index (χ4n) is 11.9. The molecule has 2 fully saturated rings. The number of carbonyl (C=O) groups excluding carboxylic acids is 1. The highest BCUT2D eigenvalue weighted by atomic mass is 16.7. The zero-order valence-electron chi connectivity index (χ0n) is 62.4. The zero-order chi connectivity index (χ0) is 72.2. The third-order valence-corrected chi connectivity index (χ3v) is 18.2. The molecular weight excluding hydrogens is 1250 g/mol.